The minimum Gasteiger partial charge on any atom is -0.475 e. The van der Waals surface area contributed by atoms with Crippen LogP contribution in [-0.2, 0) is 19.6 Å². The van der Waals surface area contributed by atoms with Gasteiger partial charge >= 0.3 is 12.1 Å². The summed E-state index contributed by atoms with van der Waals surface area (Å²) in [4.78, 5) is 30.5. The molecule has 1 amide bonds. The molecule has 36 heavy (non-hydrogen) atoms. The van der Waals surface area contributed by atoms with Gasteiger partial charge in [0.1, 0.15) is 5.82 Å². The van der Waals surface area contributed by atoms with E-state index >= 15 is 0 Å². The molecule has 202 valence electrons. The highest BCUT2D eigenvalue weighted by Gasteiger charge is 2.45. The Morgan fingerprint density at radius 1 is 1.25 bits per heavy atom. The maximum absolute atomic E-state index is 13.0. The highest BCUT2D eigenvalue weighted by atomic mass is 32.2. The van der Waals surface area contributed by atoms with Crippen LogP contribution in [0, 0.1) is 0 Å². The SMILES string of the molecule is CCS(=O)(=O)NC1COC2(CCCN(c3ncccc3C(=O)N3CCCC3)C2)C1.O=C(O)C(F)(F)F. The van der Waals surface area contributed by atoms with Crippen LogP contribution in [0.2, 0.25) is 0 Å². The second-order valence-electron chi connectivity index (χ2n) is 9.12. The second kappa shape index (κ2) is 11.3. The number of sulfonamides is 1. The number of ether oxygens (including phenoxy) is 1. The van der Waals surface area contributed by atoms with Crippen molar-refractivity contribution in [2.24, 2.45) is 0 Å². The average molecular weight is 537 g/mol. The van der Waals surface area contributed by atoms with Gasteiger partial charge in [0.25, 0.3) is 5.91 Å². The van der Waals surface area contributed by atoms with Crippen LogP contribution in [0.4, 0.5) is 19.0 Å². The lowest BCUT2D eigenvalue weighted by atomic mass is 9.88. The van der Waals surface area contributed by atoms with Gasteiger partial charge in [0, 0.05) is 38.4 Å². The number of pyridine rings is 1. The Kier molecular flexibility index (Phi) is 8.83. The van der Waals surface area contributed by atoms with Crippen molar-refractivity contribution in [3.63, 3.8) is 0 Å². The van der Waals surface area contributed by atoms with Gasteiger partial charge in [-0.1, -0.05) is 0 Å². The number of carboxylic acid groups (broad SMARTS) is 1. The lowest BCUT2D eigenvalue weighted by Crippen LogP contribution is -2.49. The van der Waals surface area contributed by atoms with Crippen molar-refractivity contribution in [1.29, 1.82) is 0 Å². The van der Waals surface area contributed by atoms with E-state index in [0.717, 1.165) is 45.3 Å². The first-order valence-electron chi connectivity index (χ1n) is 11.8. The molecule has 1 aromatic rings. The van der Waals surface area contributed by atoms with Crippen molar-refractivity contribution >= 4 is 27.7 Å². The Morgan fingerprint density at radius 2 is 1.92 bits per heavy atom. The number of hydrogen-bond donors (Lipinski definition) is 2. The number of rotatable bonds is 5. The molecule has 1 aromatic heterocycles. The van der Waals surface area contributed by atoms with Crippen LogP contribution >= 0.6 is 0 Å². The molecule has 0 saturated carbocycles. The van der Waals surface area contributed by atoms with Gasteiger partial charge in [-0.3, -0.25) is 4.79 Å². The van der Waals surface area contributed by atoms with Crippen LogP contribution in [0.5, 0.6) is 0 Å². The molecule has 3 fully saturated rings. The Balaban J connectivity index is 0.000000454. The Hall–Kier alpha value is -2.45. The highest BCUT2D eigenvalue weighted by Crippen LogP contribution is 2.37. The maximum Gasteiger partial charge on any atom is 0.490 e. The summed E-state index contributed by atoms with van der Waals surface area (Å²) in [5.41, 5.74) is 0.248. The summed E-state index contributed by atoms with van der Waals surface area (Å²) in [6.45, 7) is 5.06. The Morgan fingerprint density at radius 3 is 2.53 bits per heavy atom. The number of carboxylic acids is 1. The van der Waals surface area contributed by atoms with Gasteiger partial charge in [-0.25, -0.2) is 22.9 Å². The van der Waals surface area contributed by atoms with E-state index in [0.29, 0.717) is 31.0 Å². The number of anilines is 1. The van der Waals surface area contributed by atoms with Crippen LogP contribution in [0.25, 0.3) is 0 Å². The molecule has 2 N–H and O–H groups in total. The summed E-state index contributed by atoms with van der Waals surface area (Å²) in [6, 6.07) is 3.47. The van der Waals surface area contributed by atoms with Gasteiger partial charge in [-0.2, -0.15) is 13.2 Å². The lowest BCUT2D eigenvalue weighted by molar-refractivity contribution is -0.192. The monoisotopic (exact) mass is 536 g/mol. The zero-order valence-electron chi connectivity index (χ0n) is 20.0. The number of alkyl halides is 3. The van der Waals surface area contributed by atoms with Crippen molar-refractivity contribution in [2.45, 2.75) is 56.8 Å². The molecule has 0 radical (unpaired) electrons. The fraction of sp³-hybridized carbons (Fsp3) is 0.682. The summed E-state index contributed by atoms with van der Waals surface area (Å²) >= 11 is 0. The minimum absolute atomic E-state index is 0.0474. The molecule has 14 heteroatoms. The smallest absolute Gasteiger partial charge is 0.475 e. The molecule has 4 rings (SSSR count). The molecule has 3 aliphatic heterocycles. The Labute approximate surface area is 207 Å². The fourth-order valence-corrected chi connectivity index (χ4v) is 5.55. The molecule has 3 saturated heterocycles. The predicted molar refractivity (Wildman–Crippen MR) is 124 cm³/mol. The number of aliphatic carboxylic acids is 1. The number of carbonyl (C=O) groups excluding carboxylic acids is 1. The molecule has 2 atom stereocenters. The molecule has 3 aliphatic rings. The first-order chi connectivity index (χ1) is 16.9. The second-order valence-corrected chi connectivity index (χ2v) is 11.2. The molecule has 2 unspecified atom stereocenters. The molecule has 0 bridgehead atoms. The van der Waals surface area contributed by atoms with Gasteiger partial charge in [-0.05, 0) is 51.2 Å². The predicted octanol–water partition coefficient (Wildman–Crippen LogP) is 2.02. The van der Waals surface area contributed by atoms with Gasteiger partial charge in [0.2, 0.25) is 10.0 Å². The Bertz CT molecular complexity index is 1050. The number of carbonyl (C=O) groups is 2. The highest BCUT2D eigenvalue weighted by molar-refractivity contribution is 7.89. The number of halogens is 3. The number of piperidine rings is 1. The molecular formula is C22H31F3N4O6S. The van der Waals surface area contributed by atoms with E-state index in [4.69, 9.17) is 14.6 Å². The lowest BCUT2D eigenvalue weighted by Gasteiger charge is -2.41. The van der Waals surface area contributed by atoms with Crippen LogP contribution in [-0.4, -0.2) is 91.6 Å². The zero-order chi connectivity index (χ0) is 26.6. The van der Waals surface area contributed by atoms with Crippen LogP contribution < -0.4 is 9.62 Å². The number of nitrogens with one attached hydrogen (secondary N) is 1. The quantitative estimate of drug-likeness (QED) is 0.585. The summed E-state index contributed by atoms with van der Waals surface area (Å²) in [6.07, 6.45) is 1.20. The third-order valence-corrected chi connectivity index (χ3v) is 7.88. The van der Waals surface area contributed by atoms with E-state index in [-0.39, 0.29) is 17.7 Å². The third kappa shape index (κ3) is 7.07. The van der Waals surface area contributed by atoms with E-state index in [2.05, 4.69) is 14.6 Å². The van der Waals surface area contributed by atoms with Gasteiger partial charge in [-0.15, -0.1) is 0 Å². The van der Waals surface area contributed by atoms with Gasteiger partial charge < -0.3 is 19.6 Å². The third-order valence-electron chi connectivity index (χ3n) is 6.43. The van der Waals surface area contributed by atoms with E-state index < -0.39 is 27.8 Å². The molecule has 4 heterocycles. The molecular weight excluding hydrogens is 505 g/mol. The number of aromatic nitrogens is 1. The normalized spacial score (nSPS) is 24.5. The molecule has 1 spiro atoms. The van der Waals surface area contributed by atoms with Crippen molar-refractivity contribution < 1.29 is 41.0 Å². The van der Waals surface area contributed by atoms with Crippen molar-refractivity contribution in [3.05, 3.63) is 23.9 Å². The van der Waals surface area contributed by atoms with Crippen molar-refractivity contribution in [2.75, 3.05) is 43.4 Å². The van der Waals surface area contributed by atoms with Crippen LogP contribution in [0.3, 0.4) is 0 Å². The summed E-state index contributed by atoms with van der Waals surface area (Å²) in [5, 5.41) is 7.12. The largest absolute Gasteiger partial charge is 0.490 e. The van der Waals surface area contributed by atoms with E-state index in [9.17, 15) is 26.4 Å². The summed E-state index contributed by atoms with van der Waals surface area (Å²) in [7, 11) is -3.26. The maximum atomic E-state index is 13.0. The van der Waals surface area contributed by atoms with E-state index in [1.165, 1.54) is 0 Å². The average Bonchev–Trinajstić information content (AvgIpc) is 3.49. The zero-order valence-corrected chi connectivity index (χ0v) is 20.8. The molecule has 0 aromatic carbocycles. The fourth-order valence-electron chi connectivity index (χ4n) is 4.73. The summed E-state index contributed by atoms with van der Waals surface area (Å²) < 4.78 is 64.5. The molecule has 0 aliphatic carbocycles. The van der Waals surface area contributed by atoms with Crippen LogP contribution in [0.15, 0.2) is 18.3 Å². The minimum atomic E-state index is -5.08. The van der Waals surface area contributed by atoms with E-state index in [1.54, 1.807) is 13.1 Å². The number of likely N-dealkylation sites (tertiary alicyclic amines) is 1. The van der Waals surface area contributed by atoms with Crippen molar-refractivity contribution in [1.82, 2.24) is 14.6 Å². The number of amides is 1. The van der Waals surface area contributed by atoms with Gasteiger partial charge in [0.15, 0.2) is 0 Å². The molecule has 10 nitrogen and oxygen atoms in total. The topological polar surface area (TPSA) is 129 Å². The summed E-state index contributed by atoms with van der Waals surface area (Å²) in [5.74, 6) is -1.93. The van der Waals surface area contributed by atoms with Crippen molar-refractivity contribution in [3.8, 4) is 0 Å². The standard InChI is InChI=1S/C20H30N4O4S.C2HF3O2/c1-2-29(26,27)22-16-13-20(28-14-16)8-6-12-24(15-20)18-17(7-5-9-21-18)19(25)23-10-3-4-11-23;3-2(4,5)1(6)7/h5,7,9,16,22H,2-4,6,8,10-15H2,1H3;(H,6,7). The van der Waals surface area contributed by atoms with Crippen LogP contribution in [0.1, 0.15) is 49.4 Å². The first kappa shape index (κ1) is 28.1. The number of nitrogens with zero attached hydrogens (tertiary/aromatic N) is 3. The number of hydrogen-bond acceptors (Lipinski definition) is 7. The van der Waals surface area contributed by atoms with Gasteiger partial charge in [0.05, 0.1) is 23.5 Å². The van der Waals surface area contributed by atoms with E-state index in [1.807, 2.05) is 17.0 Å². The first-order valence-corrected chi connectivity index (χ1v) is 13.4.